The van der Waals surface area contributed by atoms with E-state index in [0.29, 0.717) is 24.7 Å². The van der Waals surface area contributed by atoms with Gasteiger partial charge in [0, 0.05) is 18.0 Å². The fourth-order valence-electron chi connectivity index (χ4n) is 1.81. The van der Waals surface area contributed by atoms with Crippen LogP contribution in [0.15, 0.2) is 29.2 Å². The fraction of sp³-hybridized carbons (Fsp3) is 0.500. The fourth-order valence-corrected chi connectivity index (χ4v) is 2.97. The van der Waals surface area contributed by atoms with Crippen LogP contribution in [0.1, 0.15) is 13.3 Å². The van der Waals surface area contributed by atoms with Crippen molar-refractivity contribution in [2.24, 2.45) is 0 Å². The summed E-state index contributed by atoms with van der Waals surface area (Å²) >= 11 is 5.72. The number of benzene rings is 1. The number of rotatable bonds is 5. The van der Waals surface area contributed by atoms with Crippen LogP contribution >= 0.6 is 11.6 Å². The van der Waals surface area contributed by atoms with Crippen molar-refractivity contribution >= 4 is 21.6 Å². The van der Waals surface area contributed by atoms with Crippen molar-refractivity contribution in [1.82, 2.24) is 4.72 Å². The third kappa shape index (κ3) is 3.90. The van der Waals surface area contributed by atoms with Gasteiger partial charge in [-0.2, -0.15) is 0 Å². The van der Waals surface area contributed by atoms with Gasteiger partial charge in [-0.05, 0) is 31.2 Å². The van der Waals surface area contributed by atoms with Gasteiger partial charge in [-0.3, -0.25) is 0 Å². The first-order valence-corrected chi connectivity index (χ1v) is 7.81. The number of hydrogen-bond donors (Lipinski definition) is 1. The Morgan fingerprint density at radius 3 is 2.42 bits per heavy atom. The van der Waals surface area contributed by atoms with Crippen molar-refractivity contribution in [2.45, 2.75) is 24.0 Å². The van der Waals surface area contributed by atoms with E-state index in [1.807, 2.05) is 0 Å². The number of sulfonamides is 1. The zero-order valence-electron chi connectivity index (χ0n) is 10.6. The molecule has 1 aliphatic rings. The summed E-state index contributed by atoms with van der Waals surface area (Å²) in [5.74, 6) is -0.692. The molecule has 0 atom stereocenters. The normalized spacial score (nSPS) is 18.6. The molecule has 0 bridgehead atoms. The Morgan fingerprint density at radius 2 is 1.84 bits per heavy atom. The van der Waals surface area contributed by atoms with Crippen LogP contribution in [0.25, 0.3) is 0 Å². The summed E-state index contributed by atoms with van der Waals surface area (Å²) in [6, 6.07) is 6.02. The van der Waals surface area contributed by atoms with Gasteiger partial charge in [0.05, 0.1) is 18.1 Å². The summed E-state index contributed by atoms with van der Waals surface area (Å²) in [5.41, 5.74) is 0. The second-order valence-electron chi connectivity index (χ2n) is 4.43. The zero-order valence-corrected chi connectivity index (χ0v) is 12.1. The molecule has 1 aliphatic heterocycles. The van der Waals surface area contributed by atoms with Crippen molar-refractivity contribution < 1.29 is 17.9 Å². The van der Waals surface area contributed by atoms with Crippen LogP contribution < -0.4 is 4.72 Å². The van der Waals surface area contributed by atoms with Crippen LogP contribution in [0, 0.1) is 0 Å². The van der Waals surface area contributed by atoms with Crippen LogP contribution in [0.3, 0.4) is 0 Å². The minimum atomic E-state index is -3.52. The van der Waals surface area contributed by atoms with E-state index in [4.69, 9.17) is 21.1 Å². The maximum atomic E-state index is 12.0. The highest BCUT2D eigenvalue weighted by Gasteiger charge is 2.30. The molecule has 1 saturated heterocycles. The minimum absolute atomic E-state index is 0.190. The molecule has 106 valence electrons. The molecule has 2 rings (SSSR count). The summed E-state index contributed by atoms with van der Waals surface area (Å²) in [6.45, 7) is 3.14. The van der Waals surface area contributed by atoms with Gasteiger partial charge in [-0.25, -0.2) is 13.1 Å². The Morgan fingerprint density at radius 1 is 1.26 bits per heavy atom. The molecule has 0 saturated carbocycles. The average Bonchev–Trinajstić information content (AvgIpc) is 2.76. The molecule has 1 fully saturated rings. The lowest BCUT2D eigenvalue weighted by molar-refractivity contribution is -0.145. The first-order valence-electron chi connectivity index (χ1n) is 5.94. The molecule has 7 heteroatoms. The molecule has 0 radical (unpaired) electrons. The summed E-state index contributed by atoms with van der Waals surface area (Å²) in [7, 11) is -3.52. The summed E-state index contributed by atoms with van der Waals surface area (Å²) in [6.07, 6.45) is 0.458. The van der Waals surface area contributed by atoms with Gasteiger partial charge in [0.15, 0.2) is 5.79 Å². The number of halogens is 1. The maximum absolute atomic E-state index is 12.0. The minimum Gasteiger partial charge on any atom is -0.348 e. The highest BCUT2D eigenvalue weighted by molar-refractivity contribution is 7.89. The molecule has 0 amide bonds. The number of nitrogens with one attached hydrogen (secondary N) is 1. The summed E-state index contributed by atoms with van der Waals surface area (Å²) in [5, 5.41) is 0.499. The number of ether oxygens (including phenoxy) is 2. The van der Waals surface area contributed by atoms with Gasteiger partial charge in [0.2, 0.25) is 10.0 Å². The Hall–Kier alpha value is -0.660. The molecular weight excluding hydrogens is 290 g/mol. The lowest BCUT2D eigenvalue weighted by Gasteiger charge is -2.22. The SMILES string of the molecule is CC1(CCNS(=O)(=O)c2ccc(Cl)cc2)OCCO1. The van der Waals surface area contributed by atoms with Crippen LogP contribution in [-0.4, -0.2) is 34.0 Å². The first kappa shape index (κ1) is 14.7. The van der Waals surface area contributed by atoms with E-state index in [9.17, 15) is 8.42 Å². The molecule has 0 unspecified atom stereocenters. The smallest absolute Gasteiger partial charge is 0.240 e. The van der Waals surface area contributed by atoms with Crippen LogP contribution in [0.2, 0.25) is 5.02 Å². The lowest BCUT2D eigenvalue weighted by atomic mass is 10.2. The second-order valence-corrected chi connectivity index (χ2v) is 6.64. The molecule has 1 aromatic rings. The Bertz CT molecular complexity index is 523. The van der Waals surface area contributed by atoms with Gasteiger partial charge in [0.1, 0.15) is 0 Å². The van der Waals surface area contributed by atoms with Crippen molar-refractivity contribution in [2.75, 3.05) is 19.8 Å². The van der Waals surface area contributed by atoms with E-state index in [1.54, 1.807) is 19.1 Å². The van der Waals surface area contributed by atoms with Gasteiger partial charge >= 0.3 is 0 Å². The van der Waals surface area contributed by atoms with E-state index < -0.39 is 15.8 Å². The molecular formula is C12H16ClNO4S. The molecule has 0 spiro atoms. The Balaban J connectivity index is 1.92. The topological polar surface area (TPSA) is 64.6 Å². The van der Waals surface area contributed by atoms with Crippen molar-refractivity contribution in [3.63, 3.8) is 0 Å². The number of hydrogen-bond acceptors (Lipinski definition) is 4. The van der Waals surface area contributed by atoms with Gasteiger partial charge < -0.3 is 9.47 Å². The van der Waals surface area contributed by atoms with Crippen LogP contribution in [0.5, 0.6) is 0 Å². The van der Waals surface area contributed by atoms with E-state index in [-0.39, 0.29) is 11.4 Å². The molecule has 0 aliphatic carbocycles. The van der Waals surface area contributed by atoms with Crippen LogP contribution in [-0.2, 0) is 19.5 Å². The van der Waals surface area contributed by atoms with E-state index in [2.05, 4.69) is 4.72 Å². The van der Waals surface area contributed by atoms with Crippen molar-refractivity contribution in [3.05, 3.63) is 29.3 Å². The lowest BCUT2D eigenvalue weighted by Crippen LogP contribution is -2.33. The molecule has 1 heterocycles. The van der Waals surface area contributed by atoms with E-state index in [1.165, 1.54) is 12.1 Å². The summed E-state index contributed by atoms with van der Waals surface area (Å²) < 4.78 is 37.3. The zero-order chi connectivity index (χ0) is 13.9. The molecule has 1 aromatic carbocycles. The quantitative estimate of drug-likeness (QED) is 0.900. The Kier molecular flexibility index (Phi) is 4.47. The maximum Gasteiger partial charge on any atom is 0.240 e. The molecule has 1 N–H and O–H groups in total. The molecule has 19 heavy (non-hydrogen) atoms. The van der Waals surface area contributed by atoms with Crippen LogP contribution in [0.4, 0.5) is 0 Å². The van der Waals surface area contributed by atoms with Gasteiger partial charge in [0.25, 0.3) is 0 Å². The van der Waals surface area contributed by atoms with E-state index in [0.717, 1.165) is 0 Å². The van der Waals surface area contributed by atoms with Gasteiger partial charge in [-0.1, -0.05) is 11.6 Å². The van der Waals surface area contributed by atoms with Gasteiger partial charge in [-0.15, -0.1) is 0 Å². The van der Waals surface area contributed by atoms with Crippen molar-refractivity contribution in [3.8, 4) is 0 Å². The molecule has 0 aromatic heterocycles. The first-order chi connectivity index (χ1) is 8.91. The predicted octanol–water partition coefficient (Wildman–Crippen LogP) is 1.77. The third-order valence-electron chi connectivity index (χ3n) is 2.89. The third-order valence-corrected chi connectivity index (χ3v) is 4.62. The largest absolute Gasteiger partial charge is 0.348 e. The average molecular weight is 306 g/mol. The summed E-state index contributed by atoms with van der Waals surface area (Å²) in [4.78, 5) is 0.190. The monoisotopic (exact) mass is 305 g/mol. The molecule has 5 nitrogen and oxygen atoms in total. The van der Waals surface area contributed by atoms with E-state index >= 15 is 0 Å². The second kappa shape index (κ2) is 5.76. The highest BCUT2D eigenvalue weighted by atomic mass is 35.5. The van der Waals surface area contributed by atoms with Crippen molar-refractivity contribution in [1.29, 1.82) is 0 Å². The standard InChI is InChI=1S/C12H16ClNO4S/c1-12(17-8-9-18-12)6-7-14-19(15,16)11-4-2-10(13)3-5-11/h2-5,14H,6-9H2,1H3. The predicted molar refractivity (Wildman–Crippen MR) is 71.6 cm³/mol. The Labute approximate surface area is 117 Å². The highest BCUT2D eigenvalue weighted by Crippen LogP contribution is 2.22.